The van der Waals surface area contributed by atoms with Gasteiger partial charge in [0, 0.05) is 24.3 Å². The Labute approximate surface area is 101 Å². The van der Waals surface area contributed by atoms with E-state index in [0.29, 0.717) is 24.6 Å². The molecule has 0 aliphatic rings. The molecule has 5 nitrogen and oxygen atoms in total. The van der Waals surface area contributed by atoms with Gasteiger partial charge in [-0.25, -0.2) is 4.79 Å². The Balaban J connectivity index is 2.56. The average molecular weight is 237 g/mol. The van der Waals surface area contributed by atoms with E-state index in [1.54, 1.807) is 12.1 Å². The third-order valence-electron chi connectivity index (χ3n) is 1.90. The number of benzene rings is 1. The molecule has 1 aromatic carbocycles. The van der Waals surface area contributed by atoms with Crippen LogP contribution in [0.25, 0.3) is 0 Å². The normalized spacial score (nSPS) is 10.1. The summed E-state index contributed by atoms with van der Waals surface area (Å²) in [6.07, 6.45) is 0. The van der Waals surface area contributed by atoms with E-state index in [1.807, 2.05) is 26.0 Å². The van der Waals surface area contributed by atoms with Gasteiger partial charge in [0.15, 0.2) is 0 Å². The minimum absolute atomic E-state index is 0.103. The molecule has 5 heteroatoms. The molecular formula is C12H19N3O2. The summed E-state index contributed by atoms with van der Waals surface area (Å²) < 4.78 is 5.36. The average Bonchev–Trinajstić information content (AvgIpc) is 2.25. The van der Waals surface area contributed by atoms with Crippen LogP contribution < -0.4 is 21.1 Å². The van der Waals surface area contributed by atoms with Crippen LogP contribution in [0.1, 0.15) is 13.8 Å². The predicted molar refractivity (Wildman–Crippen MR) is 68.3 cm³/mol. The zero-order valence-electron chi connectivity index (χ0n) is 10.2. The van der Waals surface area contributed by atoms with E-state index < -0.39 is 0 Å². The summed E-state index contributed by atoms with van der Waals surface area (Å²) in [6, 6.07) is 7.07. The van der Waals surface area contributed by atoms with Crippen molar-refractivity contribution in [2.24, 2.45) is 5.73 Å². The molecule has 0 fully saturated rings. The summed E-state index contributed by atoms with van der Waals surface area (Å²) in [4.78, 5) is 11.5. The quantitative estimate of drug-likeness (QED) is 0.727. The van der Waals surface area contributed by atoms with E-state index in [-0.39, 0.29) is 12.1 Å². The van der Waals surface area contributed by atoms with E-state index in [4.69, 9.17) is 10.5 Å². The van der Waals surface area contributed by atoms with Gasteiger partial charge in [0.05, 0.1) is 0 Å². The van der Waals surface area contributed by atoms with Crippen LogP contribution in [0.2, 0.25) is 0 Å². The molecule has 0 saturated carbocycles. The number of nitrogens with one attached hydrogen (secondary N) is 2. The van der Waals surface area contributed by atoms with Crippen LogP contribution in [-0.4, -0.2) is 25.2 Å². The number of urea groups is 1. The zero-order valence-corrected chi connectivity index (χ0v) is 10.2. The number of hydrogen-bond donors (Lipinski definition) is 3. The second-order valence-corrected chi connectivity index (χ2v) is 3.92. The van der Waals surface area contributed by atoms with E-state index in [2.05, 4.69) is 10.6 Å². The molecule has 0 atom stereocenters. The lowest BCUT2D eigenvalue weighted by atomic mass is 10.3. The van der Waals surface area contributed by atoms with Crippen molar-refractivity contribution in [3.8, 4) is 5.75 Å². The summed E-state index contributed by atoms with van der Waals surface area (Å²) >= 11 is 0. The second-order valence-electron chi connectivity index (χ2n) is 3.92. The fraction of sp³-hybridized carbons (Fsp3) is 0.417. The molecule has 0 bridgehead atoms. The maximum atomic E-state index is 11.5. The summed E-state index contributed by atoms with van der Waals surface area (Å²) in [5.41, 5.74) is 6.04. The highest BCUT2D eigenvalue weighted by molar-refractivity contribution is 5.89. The summed E-state index contributed by atoms with van der Waals surface area (Å²) in [6.45, 7) is 4.73. The Kier molecular flexibility index (Phi) is 5.29. The number of ether oxygens (including phenoxy) is 1. The molecule has 4 N–H and O–H groups in total. The Morgan fingerprint density at radius 3 is 2.88 bits per heavy atom. The van der Waals surface area contributed by atoms with Crippen molar-refractivity contribution in [2.75, 3.05) is 18.5 Å². The standard InChI is InChI=1S/C12H19N3O2/c1-9(2)14-12(16)15-10-4-3-5-11(8-10)17-7-6-13/h3-5,8-9H,6-7,13H2,1-2H3,(H2,14,15,16). The maximum Gasteiger partial charge on any atom is 0.319 e. The summed E-state index contributed by atoms with van der Waals surface area (Å²) in [5, 5.41) is 5.47. The maximum absolute atomic E-state index is 11.5. The van der Waals surface area contributed by atoms with E-state index in [0.717, 1.165) is 0 Å². The topological polar surface area (TPSA) is 76.4 Å². The van der Waals surface area contributed by atoms with Gasteiger partial charge >= 0.3 is 6.03 Å². The highest BCUT2D eigenvalue weighted by Crippen LogP contribution is 2.16. The van der Waals surface area contributed by atoms with Crippen LogP contribution in [0.4, 0.5) is 10.5 Å². The number of nitrogens with two attached hydrogens (primary N) is 1. The molecule has 0 aliphatic heterocycles. The van der Waals surface area contributed by atoms with Gasteiger partial charge in [0.25, 0.3) is 0 Å². The van der Waals surface area contributed by atoms with E-state index in [1.165, 1.54) is 0 Å². The van der Waals surface area contributed by atoms with E-state index in [9.17, 15) is 4.79 Å². The van der Waals surface area contributed by atoms with Crippen LogP contribution in [0.3, 0.4) is 0 Å². The Bertz CT molecular complexity index is 367. The van der Waals surface area contributed by atoms with Crippen LogP contribution in [0.5, 0.6) is 5.75 Å². The fourth-order valence-electron chi connectivity index (χ4n) is 1.27. The first-order valence-corrected chi connectivity index (χ1v) is 5.62. The molecule has 1 rings (SSSR count). The molecule has 17 heavy (non-hydrogen) atoms. The zero-order chi connectivity index (χ0) is 12.7. The smallest absolute Gasteiger partial charge is 0.319 e. The summed E-state index contributed by atoms with van der Waals surface area (Å²) in [7, 11) is 0. The van der Waals surface area contributed by atoms with Crippen LogP contribution in [0.15, 0.2) is 24.3 Å². The molecule has 1 aromatic rings. The predicted octanol–water partition coefficient (Wildman–Crippen LogP) is 1.55. The first-order chi connectivity index (χ1) is 8.11. The van der Waals surface area contributed by atoms with Crippen LogP contribution >= 0.6 is 0 Å². The molecule has 0 aromatic heterocycles. The number of carbonyl (C=O) groups excluding carboxylic acids is 1. The summed E-state index contributed by atoms with van der Waals surface area (Å²) in [5.74, 6) is 0.692. The Hall–Kier alpha value is -1.75. The molecule has 0 spiro atoms. The lowest BCUT2D eigenvalue weighted by Crippen LogP contribution is -2.34. The number of rotatable bonds is 5. The Morgan fingerprint density at radius 1 is 1.47 bits per heavy atom. The SMILES string of the molecule is CC(C)NC(=O)Nc1cccc(OCCN)c1. The molecule has 0 heterocycles. The van der Waals surface area contributed by atoms with Gasteiger partial charge in [-0.1, -0.05) is 6.07 Å². The first kappa shape index (κ1) is 13.3. The number of carbonyl (C=O) groups is 1. The number of hydrogen-bond acceptors (Lipinski definition) is 3. The monoisotopic (exact) mass is 237 g/mol. The third kappa shape index (κ3) is 5.21. The van der Waals surface area contributed by atoms with Crippen molar-refractivity contribution in [3.05, 3.63) is 24.3 Å². The number of anilines is 1. The first-order valence-electron chi connectivity index (χ1n) is 5.62. The minimum atomic E-state index is -0.226. The van der Waals surface area contributed by atoms with Crippen LogP contribution in [-0.2, 0) is 0 Å². The van der Waals surface area contributed by atoms with Crippen molar-refractivity contribution < 1.29 is 9.53 Å². The minimum Gasteiger partial charge on any atom is -0.492 e. The van der Waals surface area contributed by atoms with Crippen LogP contribution in [0, 0.1) is 0 Å². The van der Waals surface area contributed by atoms with Gasteiger partial charge in [-0.15, -0.1) is 0 Å². The van der Waals surface area contributed by atoms with Crippen molar-refractivity contribution in [1.82, 2.24) is 5.32 Å². The van der Waals surface area contributed by atoms with Gasteiger partial charge in [0.1, 0.15) is 12.4 Å². The largest absolute Gasteiger partial charge is 0.492 e. The molecule has 94 valence electrons. The molecule has 0 radical (unpaired) electrons. The fourth-order valence-corrected chi connectivity index (χ4v) is 1.27. The Morgan fingerprint density at radius 2 is 2.24 bits per heavy atom. The molecular weight excluding hydrogens is 218 g/mol. The van der Waals surface area contributed by atoms with Gasteiger partial charge in [-0.2, -0.15) is 0 Å². The van der Waals surface area contributed by atoms with Crippen molar-refractivity contribution in [1.29, 1.82) is 0 Å². The number of amides is 2. The molecule has 0 unspecified atom stereocenters. The van der Waals surface area contributed by atoms with Gasteiger partial charge in [-0.3, -0.25) is 0 Å². The highest BCUT2D eigenvalue weighted by atomic mass is 16.5. The van der Waals surface area contributed by atoms with Gasteiger partial charge in [-0.05, 0) is 26.0 Å². The molecule has 0 aliphatic carbocycles. The van der Waals surface area contributed by atoms with Gasteiger partial charge < -0.3 is 21.1 Å². The molecule has 2 amide bonds. The van der Waals surface area contributed by atoms with E-state index >= 15 is 0 Å². The van der Waals surface area contributed by atoms with Crippen molar-refractivity contribution in [3.63, 3.8) is 0 Å². The second kappa shape index (κ2) is 6.75. The van der Waals surface area contributed by atoms with Crippen molar-refractivity contribution >= 4 is 11.7 Å². The van der Waals surface area contributed by atoms with Gasteiger partial charge in [0.2, 0.25) is 0 Å². The highest BCUT2D eigenvalue weighted by Gasteiger charge is 2.03. The van der Waals surface area contributed by atoms with Crippen molar-refractivity contribution in [2.45, 2.75) is 19.9 Å². The third-order valence-corrected chi connectivity index (χ3v) is 1.90. The lowest BCUT2D eigenvalue weighted by Gasteiger charge is -2.11. The lowest BCUT2D eigenvalue weighted by molar-refractivity contribution is 0.250. The molecule has 0 saturated heterocycles.